The minimum absolute atomic E-state index is 0.0711. The van der Waals surface area contributed by atoms with E-state index < -0.39 is 0 Å². The van der Waals surface area contributed by atoms with Gasteiger partial charge in [0.25, 0.3) is 0 Å². The summed E-state index contributed by atoms with van der Waals surface area (Å²) in [5, 5.41) is 0. The number of halogens is 1. The first-order valence-electron chi connectivity index (χ1n) is 7.59. The average molecular weight is 297 g/mol. The molecule has 0 aliphatic carbocycles. The molecule has 1 heterocycles. The van der Waals surface area contributed by atoms with Gasteiger partial charge in [-0.3, -0.25) is 4.79 Å². The van der Waals surface area contributed by atoms with Crippen LogP contribution in [0.1, 0.15) is 27.4 Å². The first kappa shape index (κ1) is 14.9. The molecule has 2 atom stereocenters. The first-order chi connectivity index (χ1) is 10.5. The van der Waals surface area contributed by atoms with Crippen molar-refractivity contribution in [3.05, 3.63) is 71.0 Å². The van der Waals surface area contributed by atoms with Gasteiger partial charge in [-0.15, -0.1) is 0 Å². The van der Waals surface area contributed by atoms with Crippen molar-refractivity contribution in [1.82, 2.24) is 4.90 Å². The van der Waals surface area contributed by atoms with Crippen molar-refractivity contribution in [3.8, 4) is 0 Å². The van der Waals surface area contributed by atoms with E-state index in [1.54, 1.807) is 12.1 Å². The number of carbonyl (C=O) groups excluding carboxylic acids is 1. The van der Waals surface area contributed by atoms with E-state index in [1.165, 1.54) is 23.3 Å². The number of benzene rings is 2. The van der Waals surface area contributed by atoms with E-state index in [0.29, 0.717) is 5.56 Å². The van der Waals surface area contributed by atoms with Crippen LogP contribution in [0.2, 0.25) is 0 Å². The van der Waals surface area contributed by atoms with Gasteiger partial charge in [0.2, 0.25) is 0 Å². The molecule has 1 aliphatic heterocycles. The highest BCUT2D eigenvalue weighted by Crippen LogP contribution is 2.34. The topological polar surface area (TPSA) is 20.3 Å². The molecular weight excluding hydrogens is 277 g/mol. The average Bonchev–Trinajstić information content (AvgIpc) is 2.90. The molecule has 3 heteroatoms. The van der Waals surface area contributed by atoms with E-state index in [9.17, 15) is 9.18 Å². The van der Waals surface area contributed by atoms with E-state index in [-0.39, 0.29) is 23.4 Å². The van der Waals surface area contributed by atoms with Gasteiger partial charge in [0.15, 0.2) is 5.78 Å². The van der Waals surface area contributed by atoms with Gasteiger partial charge in [0.1, 0.15) is 5.82 Å². The zero-order valence-electron chi connectivity index (χ0n) is 12.9. The molecule has 1 aliphatic rings. The second kappa shape index (κ2) is 6.01. The predicted octanol–water partition coefficient (Wildman–Crippen LogP) is 3.66. The summed E-state index contributed by atoms with van der Waals surface area (Å²) in [5.41, 5.74) is 3.02. The molecule has 0 unspecified atom stereocenters. The molecule has 1 saturated heterocycles. The number of Topliss-reactive ketones (excluding diaryl/α,β-unsaturated/α-hetero) is 1. The monoisotopic (exact) mass is 297 g/mol. The third-order valence-corrected chi connectivity index (χ3v) is 4.47. The van der Waals surface area contributed by atoms with Crippen LogP contribution in [0.3, 0.4) is 0 Å². The molecule has 0 aromatic heterocycles. The van der Waals surface area contributed by atoms with Gasteiger partial charge in [-0.1, -0.05) is 29.8 Å². The van der Waals surface area contributed by atoms with Crippen LogP contribution in [0, 0.1) is 18.7 Å². The van der Waals surface area contributed by atoms with E-state index in [2.05, 4.69) is 36.1 Å². The zero-order chi connectivity index (χ0) is 15.7. The van der Waals surface area contributed by atoms with Gasteiger partial charge < -0.3 is 4.90 Å². The van der Waals surface area contributed by atoms with Crippen molar-refractivity contribution in [1.29, 1.82) is 0 Å². The molecule has 0 saturated carbocycles. The van der Waals surface area contributed by atoms with Gasteiger partial charge in [0.05, 0.1) is 0 Å². The quantitative estimate of drug-likeness (QED) is 0.806. The lowest BCUT2D eigenvalue weighted by molar-refractivity contribution is 0.0915. The van der Waals surface area contributed by atoms with Gasteiger partial charge in [-0.25, -0.2) is 4.39 Å². The molecule has 2 nitrogen and oxygen atoms in total. The third-order valence-electron chi connectivity index (χ3n) is 4.47. The van der Waals surface area contributed by atoms with Crippen LogP contribution in [-0.2, 0) is 0 Å². The summed E-state index contributed by atoms with van der Waals surface area (Å²) in [6, 6.07) is 14.3. The molecule has 114 valence electrons. The molecule has 0 radical (unpaired) electrons. The smallest absolute Gasteiger partial charge is 0.167 e. The number of likely N-dealkylation sites (N-methyl/N-ethyl adjacent to an activating group) is 1. The lowest BCUT2D eigenvalue weighted by Crippen LogP contribution is -2.22. The second-order valence-corrected chi connectivity index (χ2v) is 6.22. The van der Waals surface area contributed by atoms with Crippen LogP contribution in [-0.4, -0.2) is 30.8 Å². The number of hydrogen-bond acceptors (Lipinski definition) is 2. The first-order valence-corrected chi connectivity index (χ1v) is 7.59. The van der Waals surface area contributed by atoms with Crippen molar-refractivity contribution in [2.24, 2.45) is 5.92 Å². The highest BCUT2D eigenvalue weighted by molar-refractivity contribution is 5.98. The van der Waals surface area contributed by atoms with E-state index in [4.69, 9.17) is 0 Å². The van der Waals surface area contributed by atoms with Crippen LogP contribution in [0.25, 0.3) is 0 Å². The van der Waals surface area contributed by atoms with Crippen molar-refractivity contribution < 1.29 is 9.18 Å². The van der Waals surface area contributed by atoms with Crippen molar-refractivity contribution >= 4 is 5.78 Å². The number of rotatable bonds is 3. The van der Waals surface area contributed by atoms with E-state index in [0.717, 1.165) is 13.1 Å². The Hall–Kier alpha value is -2.00. The summed E-state index contributed by atoms with van der Waals surface area (Å²) >= 11 is 0. The molecule has 0 bridgehead atoms. The minimum Gasteiger partial charge on any atom is -0.305 e. The standard InChI is InChI=1S/C19H20FNO/c1-13-3-5-14(6-4-13)17-11-21(2)12-18(17)19(22)15-7-9-16(20)10-8-15/h3-10,17-18H,11-12H2,1-2H3/t17-,18+/m0/s1. The summed E-state index contributed by atoms with van der Waals surface area (Å²) < 4.78 is 13.0. The molecule has 2 aromatic carbocycles. The Morgan fingerprint density at radius 2 is 1.68 bits per heavy atom. The number of likely N-dealkylation sites (tertiary alicyclic amines) is 1. The zero-order valence-corrected chi connectivity index (χ0v) is 12.9. The molecule has 0 amide bonds. The Balaban J connectivity index is 1.88. The normalized spacial score (nSPS) is 22.0. The highest BCUT2D eigenvalue weighted by Gasteiger charge is 2.37. The number of carbonyl (C=O) groups is 1. The summed E-state index contributed by atoms with van der Waals surface area (Å²) in [6.07, 6.45) is 0. The fourth-order valence-electron chi connectivity index (χ4n) is 3.25. The lowest BCUT2D eigenvalue weighted by Gasteiger charge is -2.18. The molecule has 3 rings (SSSR count). The van der Waals surface area contributed by atoms with Crippen LogP contribution >= 0.6 is 0 Å². The van der Waals surface area contributed by atoms with Gasteiger partial charge in [-0.05, 0) is 43.8 Å². The Kier molecular flexibility index (Phi) is 4.08. The molecule has 1 fully saturated rings. The van der Waals surface area contributed by atoms with Crippen molar-refractivity contribution in [2.75, 3.05) is 20.1 Å². The Morgan fingerprint density at radius 1 is 1.05 bits per heavy atom. The molecule has 22 heavy (non-hydrogen) atoms. The maximum absolute atomic E-state index is 13.0. The number of hydrogen-bond donors (Lipinski definition) is 0. The largest absolute Gasteiger partial charge is 0.305 e. The van der Waals surface area contributed by atoms with Crippen LogP contribution in [0.15, 0.2) is 48.5 Å². The molecule has 2 aromatic rings. The minimum atomic E-state index is -0.310. The SMILES string of the molecule is Cc1ccc([C@@H]2CN(C)C[C@H]2C(=O)c2ccc(F)cc2)cc1. The van der Waals surface area contributed by atoms with Gasteiger partial charge in [0, 0.05) is 30.5 Å². The maximum atomic E-state index is 13.0. The van der Waals surface area contributed by atoms with Crippen LogP contribution in [0.4, 0.5) is 4.39 Å². The predicted molar refractivity (Wildman–Crippen MR) is 85.6 cm³/mol. The fourth-order valence-corrected chi connectivity index (χ4v) is 3.25. The van der Waals surface area contributed by atoms with Gasteiger partial charge in [-0.2, -0.15) is 0 Å². The lowest BCUT2D eigenvalue weighted by atomic mass is 9.83. The fraction of sp³-hybridized carbons (Fsp3) is 0.316. The van der Waals surface area contributed by atoms with E-state index >= 15 is 0 Å². The summed E-state index contributed by atoms with van der Waals surface area (Å²) in [5.74, 6) is -0.0774. The van der Waals surface area contributed by atoms with Gasteiger partial charge >= 0.3 is 0 Å². The van der Waals surface area contributed by atoms with Crippen molar-refractivity contribution in [3.63, 3.8) is 0 Å². The summed E-state index contributed by atoms with van der Waals surface area (Å²) in [7, 11) is 2.04. The molecular formula is C19H20FNO. The third kappa shape index (κ3) is 2.95. The molecule has 0 N–H and O–H groups in total. The van der Waals surface area contributed by atoms with Crippen LogP contribution in [0.5, 0.6) is 0 Å². The second-order valence-electron chi connectivity index (χ2n) is 6.22. The summed E-state index contributed by atoms with van der Waals surface area (Å²) in [4.78, 5) is 15.0. The number of nitrogens with zero attached hydrogens (tertiary/aromatic N) is 1. The highest BCUT2D eigenvalue weighted by atomic mass is 19.1. The maximum Gasteiger partial charge on any atom is 0.167 e. The number of aryl methyl sites for hydroxylation is 1. The van der Waals surface area contributed by atoms with E-state index in [1.807, 2.05) is 7.05 Å². The Morgan fingerprint density at radius 3 is 2.32 bits per heavy atom. The van der Waals surface area contributed by atoms with Crippen LogP contribution < -0.4 is 0 Å². The van der Waals surface area contributed by atoms with Crippen molar-refractivity contribution in [2.45, 2.75) is 12.8 Å². The molecule has 0 spiro atoms. The summed E-state index contributed by atoms with van der Waals surface area (Å²) in [6.45, 7) is 3.68. The Bertz CT molecular complexity index is 663. The Labute approximate surface area is 130 Å². The number of ketones is 1.